The van der Waals surface area contributed by atoms with Crippen LogP contribution in [0.5, 0.6) is 5.75 Å². The first-order chi connectivity index (χ1) is 19.6. The number of amides is 1. The minimum Gasteiger partial charge on any atom is -0.492 e. The smallest absolute Gasteiger partial charge is 0.262 e. The second kappa shape index (κ2) is 11.4. The molecule has 2 saturated heterocycles. The van der Waals surface area contributed by atoms with Crippen LogP contribution in [0, 0.1) is 11.7 Å². The molecule has 3 aliphatic rings. The van der Waals surface area contributed by atoms with E-state index in [2.05, 4.69) is 10.3 Å². The van der Waals surface area contributed by atoms with Crippen LogP contribution in [0.1, 0.15) is 57.4 Å². The van der Waals surface area contributed by atoms with Crippen LogP contribution in [0.15, 0.2) is 36.5 Å². The van der Waals surface area contributed by atoms with Crippen molar-refractivity contribution >= 4 is 23.6 Å². The third kappa shape index (κ3) is 4.97. The predicted octanol–water partition coefficient (Wildman–Crippen LogP) is 4.38. The number of aromatic nitrogens is 2. The lowest BCUT2D eigenvalue weighted by Crippen LogP contribution is -2.30. The molecule has 1 atom stereocenters. The maximum Gasteiger partial charge on any atom is 0.262 e. The number of rotatable bonds is 8. The van der Waals surface area contributed by atoms with Crippen LogP contribution in [-0.2, 0) is 15.9 Å². The van der Waals surface area contributed by atoms with Gasteiger partial charge in [-0.05, 0) is 55.5 Å². The van der Waals surface area contributed by atoms with E-state index in [1.807, 2.05) is 10.6 Å². The summed E-state index contributed by atoms with van der Waals surface area (Å²) in [6.45, 7) is 3.43. The number of nitrogens with one attached hydrogen (secondary N) is 1. The first-order valence-electron chi connectivity index (χ1n) is 13.8. The zero-order valence-corrected chi connectivity index (χ0v) is 22.5. The predicted molar refractivity (Wildman–Crippen MR) is 147 cm³/mol. The number of fused-ring (bicyclic) bond motifs is 1. The molecule has 1 amide bonds. The average molecular weight is 549 g/mol. The number of carbonyl (C=O) groups excluding carboxylic acids is 2. The van der Waals surface area contributed by atoms with Crippen molar-refractivity contribution in [3.05, 3.63) is 65.0 Å². The van der Waals surface area contributed by atoms with Gasteiger partial charge in [0.15, 0.2) is 6.29 Å². The molecule has 1 unspecified atom stereocenters. The van der Waals surface area contributed by atoms with Crippen LogP contribution in [0.3, 0.4) is 0 Å². The summed E-state index contributed by atoms with van der Waals surface area (Å²) in [6, 6.07) is 8.12. The Kier molecular flexibility index (Phi) is 7.53. The summed E-state index contributed by atoms with van der Waals surface area (Å²) in [4.78, 5) is 32.5. The van der Waals surface area contributed by atoms with Gasteiger partial charge in [-0.15, -0.1) is 0 Å². The first kappa shape index (κ1) is 26.5. The third-order valence-corrected chi connectivity index (χ3v) is 8.04. The van der Waals surface area contributed by atoms with Crippen LogP contribution >= 0.6 is 0 Å². The number of hydrogen-bond acceptors (Lipinski definition) is 7. The Morgan fingerprint density at radius 3 is 2.73 bits per heavy atom. The summed E-state index contributed by atoms with van der Waals surface area (Å²) >= 11 is 0. The highest BCUT2D eigenvalue weighted by atomic mass is 19.1. The molecule has 10 heteroatoms. The second-order valence-corrected chi connectivity index (χ2v) is 10.5. The maximum atomic E-state index is 14.0. The molecule has 40 heavy (non-hydrogen) atoms. The van der Waals surface area contributed by atoms with Gasteiger partial charge in [-0.25, -0.2) is 9.37 Å². The highest BCUT2D eigenvalue weighted by molar-refractivity contribution is 6.10. The fourth-order valence-electron chi connectivity index (χ4n) is 5.86. The fourth-order valence-corrected chi connectivity index (χ4v) is 5.86. The van der Waals surface area contributed by atoms with Gasteiger partial charge in [0.1, 0.15) is 23.1 Å². The van der Waals surface area contributed by atoms with Crippen molar-refractivity contribution in [2.45, 2.75) is 31.6 Å². The molecule has 1 aromatic heterocycles. The van der Waals surface area contributed by atoms with Crippen molar-refractivity contribution < 1.29 is 28.2 Å². The number of ether oxygens (including phenoxy) is 3. The van der Waals surface area contributed by atoms with E-state index in [1.54, 1.807) is 30.3 Å². The molecule has 2 aromatic carbocycles. The highest BCUT2D eigenvalue weighted by Gasteiger charge is 2.31. The lowest BCUT2D eigenvalue weighted by atomic mass is 9.99. The van der Waals surface area contributed by atoms with Crippen molar-refractivity contribution in [3.63, 3.8) is 0 Å². The molecule has 6 rings (SSSR count). The van der Waals surface area contributed by atoms with Gasteiger partial charge in [0, 0.05) is 57.0 Å². The molecule has 0 aliphatic carbocycles. The normalized spacial score (nSPS) is 19.1. The van der Waals surface area contributed by atoms with E-state index in [0.717, 1.165) is 36.9 Å². The molecule has 3 aromatic rings. The number of aldehydes is 1. The van der Waals surface area contributed by atoms with Gasteiger partial charge in [-0.2, -0.15) is 0 Å². The number of carbonyl (C=O) groups is 2. The standard InChI is InChI=1S/C30H33FN4O5/c1-32-25-13-24(30(37)34-8-4-21-12-22(31)2-3-26(21)34)28(40-18-19-5-9-39-17-19)14-27(25)35-23(16-36)15-33-29(35)20-6-10-38-11-7-20/h2-3,12-16,19-20,32H,4-11,17-18H2,1H3. The van der Waals surface area contributed by atoms with E-state index >= 15 is 0 Å². The highest BCUT2D eigenvalue weighted by Crippen LogP contribution is 2.38. The number of nitrogens with zero attached hydrogens (tertiary/aromatic N) is 3. The molecule has 0 saturated carbocycles. The fraction of sp³-hybridized carbons (Fsp3) is 0.433. The number of anilines is 2. The Labute approximate surface area is 232 Å². The number of benzene rings is 2. The van der Waals surface area contributed by atoms with E-state index in [1.165, 1.54) is 12.1 Å². The Morgan fingerprint density at radius 1 is 1.15 bits per heavy atom. The summed E-state index contributed by atoms with van der Waals surface area (Å²) < 4.78 is 33.1. The maximum absolute atomic E-state index is 14.0. The largest absolute Gasteiger partial charge is 0.492 e. The number of imidazole rings is 1. The molecule has 0 bridgehead atoms. The lowest BCUT2D eigenvalue weighted by Gasteiger charge is -2.25. The van der Waals surface area contributed by atoms with Gasteiger partial charge in [-0.1, -0.05) is 0 Å². The molecular formula is C30H33FN4O5. The van der Waals surface area contributed by atoms with Gasteiger partial charge < -0.3 is 24.4 Å². The quantitative estimate of drug-likeness (QED) is 0.418. The van der Waals surface area contributed by atoms with Crippen LogP contribution in [-0.4, -0.2) is 68.4 Å². The van der Waals surface area contributed by atoms with Crippen molar-refractivity contribution in [1.82, 2.24) is 9.55 Å². The third-order valence-electron chi connectivity index (χ3n) is 8.04. The number of hydrogen-bond donors (Lipinski definition) is 1. The average Bonchev–Trinajstić information content (AvgIpc) is 3.75. The van der Waals surface area contributed by atoms with Crippen molar-refractivity contribution in [1.29, 1.82) is 0 Å². The van der Waals surface area contributed by atoms with Gasteiger partial charge in [0.05, 0.1) is 36.3 Å². The molecule has 2 fully saturated rings. The molecule has 9 nitrogen and oxygen atoms in total. The van der Waals surface area contributed by atoms with E-state index in [4.69, 9.17) is 14.2 Å². The lowest BCUT2D eigenvalue weighted by molar-refractivity contribution is 0.0832. The molecular weight excluding hydrogens is 515 g/mol. The monoisotopic (exact) mass is 548 g/mol. The van der Waals surface area contributed by atoms with E-state index in [-0.39, 0.29) is 23.6 Å². The summed E-state index contributed by atoms with van der Waals surface area (Å²) in [5.41, 5.74) is 3.66. The van der Waals surface area contributed by atoms with Gasteiger partial charge in [0.25, 0.3) is 5.91 Å². The minimum absolute atomic E-state index is 0.134. The molecule has 4 heterocycles. The van der Waals surface area contributed by atoms with E-state index < -0.39 is 0 Å². The van der Waals surface area contributed by atoms with Crippen LogP contribution < -0.4 is 15.0 Å². The Morgan fingerprint density at radius 2 is 1.98 bits per heavy atom. The zero-order chi connectivity index (χ0) is 27.6. The summed E-state index contributed by atoms with van der Waals surface area (Å²) in [7, 11) is 1.78. The molecule has 210 valence electrons. The zero-order valence-electron chi connectivity index (χ0n) is 22.5. The van der Waals surface area contributed by atoms with Crippen LogP contribution in [0.4, 0.5) is 15.8 Å². The summed E-state index contributed by atoms with van der Waals surface area (Å²) in [5.74, 6) is 1.02. The van der Waals surface area contributed by atoms with E-state index in [0.29, 0.717) is 80.1 Å². The Hall–Kier alpha value is -3.76. The first-order valence-corrected chi connectivity index (χ1v) is 13.8. The Balaban J connectivity index is 1.44. The molecule has 0 spiro atoms. The molecule has 1 N–H and O–H groups in total. The topological polar surface area (TPSA) is 94.9 Å². The summed E-state index contributed by atoms with van der Waals surface area (Å²) in [6.07, 6.45) is 5.47. The number of halogens is 1. The van der Waals surface area contributed by atoms with Crippen molar-refractivity contribution in [3.8, 4) is 11.4 Å². The van der Waals surface area contributed by atoms with Crippen molar-refractivity contribution in [2.75, 3.05) is 56.8 Å². The van der Waals surface area contributed by atoms with Crippen molar-refractivity contribution in [2.24, 2.45) is 5.92 Å². The van der Waals surface area contributed by atoms with Gasteiger partial charge in [0.2, 0.25) is 0 Å². The minimum atomic E-state index is -0.315. The van der Waals surface area contributed by atoms with Crippen LogP contribution in [0.25, 0.3) is 5.69 Å². The SMILES string of the molecule is CNc1cc(C(=O)N2CCc3cc(F)ccc32)c(OCC2CCOC2)cc1-n1c(C=O)cnc1C1CCOCC1. The molecule has 0 radical (unpaired) electrons. The Bertz CT molecular complexity index is 1410. The van der Waals surface area contributed by atoms with Gasteiger partial charge >= 0.3 is 0 Å². The van der Waals surface area contributed by atoms with E-state index in [9.17, 15) is 14.0 Å². The summed E-state index contributed by atoms with van der Waals surface area (Å²) in [5, 5.41) is 3.22. The van der Waals surface area contributed by atoms with Crippen LogP contribution in [0.2, 0.25) is 0 Å². The molecule has 3 aliphatic heterocycles. The van der Waals surface area contributed by atoms with Gasteiger partial charge in [-0.3, -0.25) is 14.2 Å². The second-order valence-electron chi connectivity index (χ2n) is 10.5.